The van der Waals surface area contributed by atoms with Gasteiger partial charge in [-0.1, -0.05) is 6.07 Å². The molecule has 0 atom stereocenters. The molecule has 1 heterocycles. The van der Waals surface area contributed by atoms with Gasteiger partial charge in [-0.15, -0.1) is 0 Å². The summed E-state index contributed by atoms with van der Waals surface area (Å²) in [4.78, 5) is 17.3. The number of aryl methyl sites for hydroxylation is 1. The molecular weight excluding hydrogens is 244 g/mol. The third-order valence-corrected chi connectivity index (χ3v) is 2.98. The minimum absolute atomic E-state index is 0.191. The maximum atomic E-state index is 11.2. The van der Waals surface area contributed by atoms with Crippen molar-refractivity contribution in [1.82, 2.24) is 9.55 Å². The molecule has 0 fully saturated rings. The Labute approximate surface area is 111 Å². The highest BCUT2D eigenvalue weighted by molar-refractivity contribution is 5.97. The fourth-order valence-electron chi connectivity index (χ4n) is 2.00. The minimum atomic E-state index is -0.992. The molecule has 0 saturated carbocycles. The standard InChI is InChI=1S/C13H16N4O2/c1-16-7-6-15-11(16)8-17(2)12-9(13(18)19)4-3-5-10(12)14/h3-7H,8,14H2,1-2H3,(H,18,19). The maximum Gasteiger partial charge on any atom is 0.337 e. The molecule has 0 saturated heterocycles. The van der Waals surface area contributed by atoms with Gasteiger partial charge >= 0.3 is 5.97 Å². The van der Waals surface area contributed by atoms with E-state index in [-0.39, 0.29) is 5.56 Å². The van der Waals surface area contributed by atoms with Gasteiger partial charge in [-0.2, -0.15) is 0 Å². The first-order chi connectivity index (χ1) is 9.00. The summed E-state index contributed by atoms with van der Waals surface area (Å²) in [5.74, 6) is -0.156. The molecule has 100 valence electrons. The van der Waals surface area contributed by atoms with Crippen LogP contribution >= 0.6 is 0 Å². The van der Waals surface area contributed by atoms with Crippen LogP contribution in [-0.2, 0) is 13.6 Å². The van der Waals surface area contributed by atoms with E-state index in [1.54, 1.807) is 36.3 Å². The smallest absolute Gasteiger partial charge is 0.337 e. The number of nitrogens with zero attached hydrogens (tertiary/aromatic N) is 3. The summed E-state index contributed by atoms with van der Waals surface area (Å²) < 4.78 is 1.88. The maximum absolute atomic E-state index is 11.2. The number of carboxylic acid groups (broad SMARTS) is 1. The molecule has 1 aromatic heterocycles. The van der Waals surface area contributed by atoms with E-state index in [9.17, 15) is 9.90 Å². The number of benzene rings is 1. The van der Waals surface area contributed by atoms with Gasteiger partial charge in [0.2, 0.25) is 0 Å². The summed E-state index contributed by atoms with van der Waals surface area (Å²) in [6.45, 7) is 0.484. The first-order valence-electron chi connectivity index (χ1n) is 5.80. The van der Waals surface area contributed by atoms with Crippen molar-refractivity contribution in [2.24, 2.45) is 7.05 Å². The Hall–Kier alpha value is -2.50. The van der Waals surface area contributed by atoms with Gasteiger partial charge in [-0.3, -0.25) is 0 Å². The van der Waals surface area contributed by atoms with Gasteiger partial charge in [0, 0.05) is 26.5 Å². The van der Waals surface area contributed by atoms with Crippen LogP contribution in [-0.4, -0.2) is 27.7 Å². The minimum Gasteiger partial charge on any atom is -0.478 e. The van der Waals surface area contributed by atoms with E-state index in [0.29, 0.717) is 17.9 Å². The molecular formula is C13H16N4O2. The number of rotatable bonds is 4. The summed E-state index contributed by atoms with van der Waals surface area (Å²) in [5.41, 5.74) is 7.04. The van der Waals surface area contributed by atoms with Gasteiger partial charge in [0.05, 0.1) is 23.5 Å². The SMILES string of the molecule is CN(Cc1nccn1C)c1c(N)cccc1C(=O)O. The zero-order valence-electron chi connectivity index (χ0n) is 10.9. The lowest BCUT2D eigenvalue weighted by Gasteiger charge is -2.22. The predicted molar refractivity (Wildman–Crippen MR) is 73.1 cm³/mol. The molecule has 0 aliphatic heterocycles. The Bertz CT molecular complexity index is 606. The Morgan fingerprint density at radius 3 is 2.84 bits per heavy atom. The average molecular weight is 260 g/mol. The molecule has 0 amide bonds. The fraction of sp³-hybridized carbons (Fsp3) is 0.231. The van der Waals surface area contributed by atoms with E-state index in [4.69, 9.17) is 5.73 Å². The van der Waals surface area contributed by atoms with Gasteiger partial charge in [-0.25, -0.2) is 9.78 Å². The van der Waals surface area contributed by atoms with Crippen molar-refractivity contribution in [2.75, 3.05) is 17.7 Å². The van der Waals surface area contributed by atoms with E-state index in [1.807, 2.05) is 17.8 Å². The van der Waals surface area contributed by atoms with Crippen LogP contribution in [0.3, 0.4) is 0 Å². The molecule has 0 unspecified atom stereocenters. The quantitative estimate of drug-likeness (QED) is 0.810. The number of hydrogen-bond acceptors (Lipinski definition) is 4. The third kappa shape index (κ3) is 2.52. The number of carbonyl (C=O) groups is 1. The van der Waals surface area contributed by atoms with Gasteiger partial charge < -0.3 is 20.3 Å². The molecule has 3 N–H and O–H groups in total. The number of nitrogen functional groups attached to an aromatic ring is 1. The number of carboxylic acids is 1. The number of imidazole rings is 1. The Kier molecular flexibility index (Phi) is 3.41. The topological polar surface area (TPSA) is 84.4 Å². The molecule has 0 bridgehead atoms. The number of anilines is 2. The molecule has 2 rings (SSSR count). The second-order valence-electron chi connectivity index (χ2n) is 4.36. The van der Waals surface area contributed by atoms with E-state index in [2.05, 4.69) is 4.98 Å². The Balaban J connectivity index is 2.36. The van der Waals surface area contributed by atoms with Crippen molar-refractivity contribution in [3.05, 3.63) is 42.0 Å². The van der Waals surface area contributed by atoms with Crippen molar-refractivity contribution >= 4 is 17.3 Å². The number of nitrogens with two attached hydrogens (primary N) is 1. The molecule has 6 heteroatoms. The lowest BCUT2D eigenvalue weighted by molar-refractivity contribution is 0.0697. The highest BCUT2D eigenvalue weighted by atomic mass is 16.4. The summed E-state index contributed by atoms with van der Waals surface area (Å²) >= 11 is 0. The zero-order chi connectivity index (χ0) is 14.0. The molecule has 0 aliphatic rings. The van der Waals surface area contributed by atoms with Crippen LogP contribution in [0.5, 0.6) is 0 Å². The lowest BCUT2D eigenvalue weighted by Crippen LogP contribution is -2.22. The lowest BCUT2D eigenvalue weighted by atomic mass is 10.1. The van der Waals surface area contributed by atoms with Crippen molar-refractivity contribution in [1.29, 1.82) is 0 Å². The zero-order valence-corrected chi connectivity index (χ0v) is 10.9. The van der Waals surface area contributed by atoms with E-state index in [0.717, 1.165) is 5.82 Å². The number of aromatic carboxylic acids is 1. The predicted octanol–water partition coefficient (Wildman–Crippen LogP) is 1.34. The van der Waals surface area contributed by atoms with Crippen LogP contribution in [0.25, 0.3) is 0 Å². The molecule has 2 aromatic rings. The van der Waals surface area contributed by atoms with Gasteiger partial charge in [0.1, 0.15) is 5.82 Å². The summed E-state index contributed by atoms with van der Waals surface area (Å²) in [6, 6.07) is 4.87. The van der Waals surface area contributed by atoms with E-state index >= 15 is 0 Å². The third-order valence-electron chi connectivity index (χ3n) is 2.98. The fourth-order valence-corrected chi connectivity index (χ4v) is 2.00. The summed E-state index contributed by atoms with van der Waals surface area (Å²) in [7, 11) is 3.69. The highest BCUT2D eigenvalue weighted by Crippen LogP contribution is 2.27. The molecule has 0 radical (unpaired) electrons. The van der Waals surface area contributed by atoms with Gasteiger partial charge in [-0.05, 0) is 12.1 Å². The van der Waals surface area contributed by atoms with Crippen molar-refractivity contribution in [2.45, 2.75) is 6.54 Å². The van der Waals surface area contributed by atoms with Crippen LogP contribution in [0.2, 0.25) is 0 Å². The van der Waals surface area contributed by atoms with Crippen LogP contribution in [0.1, 0.15) is 16.2 Å². The van der Waals surface area contributed by atoms with Gasteiger partial charge in [0.15, 0.2) is 0 Å². The van der Waals surface area contributed by atoms with Crippen LogP contribution in [0, 0.1) is 0 Å². The molecule has 1 aromatic carbocycles. The largest absolute Gasteiger partial charge is 0.478 e. The van der Waals surface area contributed by atoms with Crippen molar-refractivity contribution < 1.29 is 9.90 Å². The van der Waals surface area contributed by atoms with E-state index < -0.39 is 5.97 Å². The normalized spacial score (nSPS) is 10.4. The summed E-state index contributed by atoms with van der Waals surface area (Å²) in [6.07, 6.45) is 3.55. The number of aromatic nitrogens is 2. The van der Waals surface area contributed by atoms with Crippen LogP contribution < -0.4 is 10.6 Å². The average Bonchev–Trinajstić information content (AvgIpc) is 2.74. The van der Waals surface area contributed by atoms with E-state index in [1.165, 1.54) is 0 Å². The second kappa shape index (κ2) is 5.01. The molecule has 6 nitrogen and oxygen atoms in total. The highest BCUT2D eigenvalue weighted by Gasteiger charge is 2.17. The monoisotopic (exact) mass is 260 g/mol. The second-order valence-corrected chi connectivity index (χ2v) is 4.36. The Morgan fingerprint density at radius 1 is 1.53 bits per heavy atom. The van der Waals surface area contributed by atoms with Gasteiger partial charge in [0.25, 0.3) is 0 Å². The number of para-hydroxylation sites is 1. The van der Waals surface area contributed by atoms with Crippen LogP contribution in [0.15, 0.2) is 30.6 Å². The van der Waals surface area contributed by atoms with Crippen molar-refractivity contribution in [3.63, 3.8) is 0 Å². The van der Waals surface area contributed by atoms with Crippen LogP contribution in [0.4, 0.5) is 11.4 Å². The Morgan fingerprint density at radius 2 is 2.26 bits per heavy atom. The number of hydrogen-bond donors (Lipinski definition) is 2. The summed E-state index contributed by atoms with van der Waals surface area (Å²) in [5, 5.41) is 9.22. The molecule has 0 spiro atoms. The molecule has 19 heavy (non-hydrogen) atoms. The van der Waals surface area contributed by atoms with Crippen molar-refractivity contribution in [3.8, 4) is 0 Å². The first-order valence-corrected chi connectivity index (χ1v) is 5.80. The molecule has 0 aliphatic carbocycles. The first kappa shape index (κ1) is 12.9.